The summed E-state index contributed by atoms with van der Waals surface area (Å²) in [6.45, 7) is 0.373. The molecule has 0 N–H and O–H groups in total. The highest BCUT2D eigenvalue weighted by atomic mass is 16.5. The summed E-state index contributed by atoms with van der Waals surface area (Å²) >= 11 is 0. The standard InChI is InChI=1S/C20H19N3O4/c1-27-19(25)14-9-11-22-17(12-14)18(24)23(20(22)26)15-7-5-13(6-8-15)16-4-2-3-10-21-16/h2-8,10,14,17H,9,11-12H2,1H3. The number of benzene rings is 1. The first-order valence-electron chi connectivity index (χ1n) is 8.84. The van der Waals surface area contributed by atoms with E-state index in [9.17, 15) is 14.4 Å². The van der Waals surface area contributed by atoms with Gasteiger partial charge < -0.3 is 9.64 Å². The van der Waals surface area contributed by atoms with Gasteiger partial charge in [-0.25, -0.2) is 9.69 Å². The predicted molar refractivity (Wildman–Crippen MR) is 97.8 cm³/mol. The quantitative estimate of drug-likeness (QED) is 0.617. The Morgan fingerprint density at radius 3 is 2.59 bits per heavy atom. The number of anilines is 1. The third kappa shape index (κ3) is 2.95. The molecule has 138 valence electrons. The highest BCUT2D eigenvalue weighted by molar-refractivity contribution is 6.21. The molecule has 0 spiro atoms. The summed E-state index contributed by atoms with van der Waals surface area (Å²) in [7, 11) is 1.34. The van der Waals surface area contributed by atoms with Gasteiger partial charge in [-0.3, -0.25) is 14.6 Å². The number of carbonyl (C=O) groups is 3. The first-order valence-corrected chi connectivity index (χ1v) is 8.84. The molecule has 1 aromatic heterocycles. The Morgan fingerprint density at radius 2 is 1.93 bits per heavy atom. The first kappa shape index (κ1) is 17.2. The molecule has 3 heterocycles. The number of ether oxygens (including phenoxy) is 1. The third-order valence-corrected chi connectivity index (χ3v) is 5.17. The maximum absolute atomic E-state index is 12.9. The molecule has 0 bridgehead atoms. The molecular weight excluding hydrogens is 346 g/mol. The fourth-order valence-corrected chi connectivity index (χ4v) is 3.73. The number of amides is 3. The van der Waals surface area contributed by atoms with Crippen LogP contribution in [-0.2, 0) is 14.3 Å². The van der Waals surface area contributed by atoms with Gasteiger partial charge in [-0.1, -0.05) is 18.2 Å². The fraction of sp³-hybridized carbons (Fsp3) is 0.300. The molecule has 2 saturated heterocycles. The monoisotopic (exact) mass is 365 g/mol. The van der Waals surface area contributed by atoms with Gasteiger partial charge in [0.05, 0.1) is 24.4 Å². The molecule has 4 rings (SSSR count). The number of hydrogen-bond acceptors (Lipinski definition) is 5. The molecular formula is C20H19N3O4. The van der Waals surface area contributed by atoms with E-state index in [4.69, 9.17) is 4.74 Å². The van der Waals surface area contributed by atoms with Crippen molar-refractivity contribution in [3.8, 4) is 11.3 Å². The predicted octanol–water partition coefficient (Wildman–Crippen LogP) is 2.47. The molecule has 2 aliphatic rings. The number of carbonyl (C=O) groups excluding carboxylic acids is 3. The lowest BCUT2D eigenvalue weighted by molar-refractivity contribution is -0.147. The van der Waals surface area contributed by atoms with Crippen molar-refractivity contribution in [2.75, 3.05) is 18.6 Å². The van der Waals surface area contributed by atoms with Gasteiger partial charge in [0, 0.05) is 18.3 Å². The molecule has 1 aromatic carbocycles. The summed E-state index contributed by atoms with van der Waals surface area (Å²) in [5, 5.41) is 0. The average molecular weight is 365 g/mol. The molecule has 7 nitrogen and oxygen atoms in total. The molecule has 2 atom stereocenters. The number of nitrogens with zero attached hydrogens (tertiary/aromatic N) is 3. The molecule has 0 radical (unpaired) electrons. The lowest BCUT2D eigenvalue weighted by Crippen LogP contribution is -2.44. The van der Waals surface area contributed by atoms with E-state index in [1.54, 1.807) is 23.2 Å². The van der Waals surface area contributed by atoms with Crippen molar-refractivity contribution in [3.05, 3.63) is 48.7 Å². The smallest absolute Gasteiger partial charge is 0.332 e. The second kappa shape index (κ2) is 6.83. The van der Waals surface area contributed by atoms with Crippen LogP contribution in [0.25, 0.3) is 11.3 Å². The number of esters is 1. The van der Waals surface area contributed by atoms with Gasteiger partial charge in [0.1, 0.15) is 6.04 Å². The molecule has 7 heteroatoms. The van der Waals surface area contributed by atoms with Crippen molar-refractivity contribution in [3.63, 3.8) is 0 Å². The zero-order valence-electron chi connectivity index (χ0n) is 14.9. The van der Waals surface area contributed by atoms with Crippen molar-refractivity contribution in [2.45, 2.75) is 18.9 Å². The highest BCUT2D eigenvalue weighted by Gasteiger charge is 2.49. The van der Waals surface area contributed by atoms with E-state index in [1.807, 2.05) is 30.3 Å². The van der Waals surface area contributed by atoms with Crippen LogP contribution >= 0.6 is 0 Å². The van der Waals surface area contributed by atoms with Crippen LogP contribution in [0.5, 0.6) is 0 Å². The number of fused-ring (bicyclic) bond motifs is 1. The number of imide groups is 1. The van der Waals surface area contributed by atoms with Crippen LogP contribution in [0.2, 0.25) is 0 Å². The minimum Gasteiger partial charge on any atom is -0.469 e. The summed E-state index contributed by atoms with van der Waals surface area (Å²) in [5.41, 5.74) is 2.25. The summed E-state index contributed by atoms with van der Waals surface area (Å²) in [4.78, 5) is 44.5. The molecule has 3 amide bonds. The topological polar surface area (TPSA) is 79.8 Å². The van der Waals surface area contributed by atoms with Crippen molar-refractivity contribution in [1.29, 1.82) is 0 Å². The molecule has 2 fully saturated rings. The number of urea groups is 1. The van der Waals surface area contributed by atoms with Gasteiger partial charge in [0.2, 0.25) is 0 Å². The van der Waals surface area contributed by atoms with Crippen LogP contribution in [0.3, 0.4) is 0 Å². The summed E-state index contributed by atoms with van der Waals surface area (Å²) in [6, 6.07) is 11.9. The van der Waals surface area contributed by atoms with E-state index in [0.717, 1.165) is 11.3 Å². The van der Waals surface area contributed by atoms with Gasteiger partial charge >= 0.3 is 12.0 Å². The van der Waals surface area contributed by atoms with Crippen molar-refractivity contribution in [2.24, 2.45) is 5.92 Å². The Hall–Kier alpha value is -3.22. The van der Waals surface area contributed by atoms with Crippen LogP contribution in [0.1, 0.15) is 12.8 Å². The second-order valence-electron chi connectivity index (χ2n) is 6.67. The molecule has 27 heavy (non-hydrogen) atoms. The van der Waals surface area contributed by atoms with Crippen LogP contribution < -0.4 is 4.90 Å². The second-order valence-corrected chi connectivity index (χ2v) is 6.67. The Bertz CT molecular complexity index is 882. The van der Waals surface area contributed by atoms with Crippen molar-refractivity contribution < 1.29 is 19.1 Å². The van der Waals surface area contributed by atoms with Crippen molar-refractivity contribution >= 4 is 23.6 Å². The fourth-order valence-electron chi connectivity index (χ4n) is 3.73. The Labute approximate surface area is 156 Å². The van der Waals surface area contributed by atoms with Gasteiger partial charge in [0.15, 0.2) is 0 Å². The number of hydrogen-bond donors (Lipinski definition) is 0. The normalized spacial score (nSPS) is 22.0. The number of piperidine rings is 1. The van der Waals surface area contributed by atoms with E-state index >= 15 is 0 Å². The van der Waals surface area contributed by atoms with Crippen LogP contribution in [0, 0.1) is 5.92 Å². The maximum Gasteiger partial charge on any atom is 0.332 e. The van der Waals surface area contributed by atoms with Crippen LogP contribution in [0.4, 0.5) is 10.5 Å². The molecule has 2 aromatic rings. The average Bonchev–Trinajstić information content (AvgIpc) is 2.98. The first-order chi connectivity index (χ1) is 13.1. The lowest BCUT2D eigenvalue weighted by Gasteiger charge is -2.30. The van der Waals surface area contributed by atoms with Crippen LogP contribution in [-0.4, -0.2) is 47.5 Å². The minimum absolute atomic E-state index is 0.292. The summed E-state index contributed by atoms with van der Waals surface area (Å²) < 4.78 is 4.79. The van der Waals surface area contributed by atoms with Gasteiger partial charge in [-0.05, 0) is 37.1 Å². The van der Waals surface area contributed by atoms with E-state index in [0.29, 0.717) is 25.1 Å². The van der Waals surface area contributed by atoms with Gasteiger partial charge in [0.25, 0.3) is 5.91 Å². The van der Waals surface area contributed by atoms with E-state index in [-0.39, 0.29) is 23.8 Å². The highest BCUT2D eigenvalue weighted by Crippen LogP contribution is 2.34. The molecule has 0 saturated carbocycles. The third-order valence-electron chi connectivity index (χ3n) is 5.17. The van der Waals surface area contributed by atoms with E-state index < -0.39 is 6.04 Å². The van der Waals surface area contributed by atoms with E-state index in [1.165, 1.54) is 12.0 Å². The summed E-state index contributed by atoms with van der Waals surface area (Å²) in [6.07, 6.45) is 2.53. The zero-order valence-corrected chi connectivity index (χ0v) is 14.9. The van der Waals surface area contributed by atoms with E-state index in [2.05, 4.69) is 4.98 Å². The van der Waals surface area contributed by atoms with Gasteiger partial charge in [-0.15, -0.1) is 0 Å². The van der Waals surface area contributed by atoms with Gasteiger partial charge in [-0.2, -0.15) is 0 Å². The number of rotatable bonds is 3. The summed E-state index contributed by atoms with van der Waals surface area (Å²) in [5.74, 6) is -0.966. The molecule has 2 aliphatic heterocycles. The Morgan fingerprint density at radius 1 is 1.15 bits per heavy atom. The van der Waals surface area contributed by atoms with Crippen LogP contribution in [0.15, 0.2) is 48.7 Å². The maximum atomic E-state index is 12.9. The lowest BCUT2D eigenvalue weighted by atomic mass is 9.91. The minimum atomic E-state index is -0.606. The van der Waals surface area contributed by atoms with Crippen molar-refractivity contribution in [1.82, 2.24) is 9.88 Å². The largest absolute Gasteiger partial charge is 0.469 e. The Kier molecular flexibility index (Phi) is 4.35. The number of methoxy groups -OCH3 is 1. The number of pyridine rings is 1. The number of aromatic nitrogens is 1. The zero-order chi connectivity index (χ0) is 19.0. The molecule has 2 unspecified atom stereocenters. The Balaban J connectivity index is 1.57. The molecule has 0 aliphatic carbocycles. The SMILES string of the molecule is COC(=O)C1CCN2C(=O)N(c3ccc(-c4ccccn4)cc3)C(=O)C2C1.